The minimum absolute atomic E-state index is 0. The van der Waals surface area contributed by atoms with Crippen LogP contribution < -0.4 is 21.6 Å². The van der Waals surface area contributed by atoms with Crippen LogP contribution in [-0.2, 0) is 0 Å². The SMILES string of the molecule is CC(C)c1nc2c(s1)NC=c1cccnc1=C2N.Cl. The Morgan fingerprint density at radius 3 is 2.89 bits per heavy atom. The summed E-state index contributed by atoms with van der Waals surface area (Å²) in [5.74, 6) is 0.403. The number of thiazole rings is 1. The van der Waals surface area contributed by atoms with Gasteiger partial charge in [0.05, 0.1) is 16.1 Å². The standard InChI is InChI=1S/C13H14N4S.ClH/c1-7(2)12-17-11-9(14)10-8(4-3-5-15-10)6-16-13(11)18-12;/h3-7,16H,14H2,1-2H3;1H. The Kier molecular flexibility index (Phi) is 3.78. The van der Waals surface area contributed by atoms with Gasteiger partial charge in [-0.2, -0.15) is 0 Å². The van der Waals surface area contributed by atoms with Crippen LogP contribution in [0.4, 0.5) is 5.00 Å². The van der Waals surface area contributed by atoms with E-state index in [0.29, 0.717) is 11.6 Å². The zero-order valence-electron chi connectivity index (χ0n) is 10.7. The van der Waals surface area contributed by atoms with Crippen molar-refractivity contribution >= 4 is 40.6 Å². The molecule has 2 aromatic heterocycles. The van der Waals surface area contributed by atoms with Crippen LogP contribution in [0.15, 0.2) is 18.3 Å². The van der Waals surface area contributed by atoms with Crippen LogP contribution in [0, 0.1) is 0 Å². The van der Waals surface area contributed by atoms with Crippen molar-refractivity contribution in [3.05, 3.63) is 39.6 Å². The molecule has 1 aliphatic heterocycles. The minimum Gasteiger partial charge on any atom is -0.395 e. The van der Waals surface area contributed by atoms with Gasteiger partial charge >= 0.3 is 0 Å². The second-order valence-corrected chi connectivity index (χ2v) is 5.56. The first-order chi connectivity index (χ1) is 8.66. The van der Waals surface area contributed by atoms with E-state index in [1.165, 1.54) is 0 Å². The van der Waals surface area contributed by atoms with Crippen LogP contribution in [-0.4, -0.2) is 9.97 Å². The predicted molar refractivity (Wildman–Crippen MR) is 81.7 cm³/mol. The van der Waals surface area contributed by atoms with E-state index in [1.807, 2.05) is 18.3 Å². The molecule has 19 heavy (non-hydrogen) atoms. The smallest absolute Gasteiger partial charge is 0.123 e. The summed E-state index contributed by atoms with van der Waals surface area (Å²) in [4.78, 5) is 8.97. The first-order valence-electron chi connectivity index (χ1n) is 5.85. The van der Waals surface area contributed by atoms with Crippen molar-refractivity contribution in [2.75, 3.05) is 5.32 Å². The maximum Gasteiger partial charge on any atom is 0.123 e. The summed E-state index contributed by atoms with van der Waals surface area (Å²) in [6, 6.07) is 3.89. The molecule has 100 valence electrons. The van der Waals surface area contributed by atoms with Crippen LogP contribution in [0.5, 0.6) is 0 Å². The van der Waals surface area contributed by atoms with Crippen LogP contribution in [0.3, 0.4) is 0 Å². The molecule has 6 heteroatoms. The van der Waals surface area contributed by atoms with Gasteiger partial charge < -0.3 is 11.1 Å². The number of fused-ring (bicyclic) bond motifs is 2. The number of nitrogens with zero attached hydrogens (tertiary/aromatic N) is 2. The molecule has 0 bridgehead atoms. The van der Waals surface area contributed by atoms with E-state index < -0.39 is 0 Å². The van der Waals surface area contributed by atoms with Gasteiger partial charge in [0.2, 0.25) is 0 Å². The fraction of sp³-hybridized carbons (Fsp3) is 0.231. The van der Waals surface area contributed by atoms with Gasteiger partial charge in [0, 0.05) is 23.5 Å². The van der Waals surface area contributed by atoms with Gasteiger partial charge in [-0.05, 0) is 12.1 Å². The van der Waals surface area contributed by atoms with Crippen molar-refractivity contribution in [3.63, 3.8) is 0 Å². The molecule has 3 rings (SSSR count). The lowest BCUT2D eigenvalue weighted by molar-refractivity contribution is 0.850. The molecule has 2 aromatic rings. The Hall–Kier alpha value is -1.59. The van der Waals surface area contributed by atoms with Gasteiger partial charge in [0.1, 0.15) is 10.7 Å². The number of hydrogen-bond acceptors (Lipinski definition) is 5. The molecule has 0 amide bonds. The lowest BCUT2D eigenvalue weighted by Crippen LogP contribution is -2.32. The van der Waals surface area contributed by atoms with E-state index >= 15 is 0 Å². The maximum absolute atomic E-state index is 6.21. The lowest BCUT2D eigenvalue weighted by Gasteiger charge is -1.98. The first-order valence-corrected chi connectivity index (χ1v) is 6.67. The van der Waals surface area contributed by atoms with Crippen molar-refractivity contribution in [3.8, 4) is 0 Å². The third kappa shape index (κ3) is 2.31. The maximum atomic E-state index is 6.21. The quantitative estimate of drug-likeness (QED) is 0.834. The number of rotatable bonds is 1. The Morgan fingerprint density at radius 1 is 1.37 bits per heavy atom. The number of nitrogens with two attached hydrogens (primary N) is 1. The largest absolute Gasteiger partial charge is 0.395 e. The fourth-order valence-electron chi connectivity index (χ4n) is 1.88. The molecule has 0 fully saturated rings. The van der Waals surface area contributed by atoms with Gasteiger partial charge in [-0.1, -0.05) is 13.8 Å². The number of nitrogens with one attached hydrogen (secondary N) is 1. The zero-order chi connectivity index (χ0) is 12.7. The fourth-order valence-corrected chi connectivity index (χ4v) is 2.83. The van der Waals surface area contributed by atoms with Crippen molar-refractivity contribution < 1.29 is 0 Å². The summed E-state index contributed by atoms with van der Waals surface area (Å²) < 4.78 is 0. The molecule has 0 aromatic carbocycles. The van der Waals surface area contributed by atoms with Gasteiger partial charge in [-0.25, -0.2) is 4.98 Å². The highest BCUT2D eigenvalue weighted by Crippen LogP contribution is 2.31. The first kappa shape index (κ1) is 13.8. The van der Waals surface area contributed by atoms with Crippen molar-refractivity contribution in [2.45, 2.75) is 19.8 Å². The summed E-state index contributed by atoms with van der Waals surface area (Å²) in [5, 5.41) is 7.15. The average Bonchev–Trinajstić information content (AvgIpc) is 2.75. The normalized spacial score (nSPS) is 12.7. The highest BCUT2D eigenvalue weighted by Gasteiger charge is 2.17. The summed E-state index contributed by atoms with van der Waals surface area (Å²) in [6.07, 6.45) is 3.68. The molecule has 0 saturated heterocycles. The van der Waals surface area contributed by atoms with Crippen LogP contribution in [0.2, 0.25) is 0 Å². The molecule has 0 spiro atoms. The molecule has 0 unspecified atom stereocenters. The van der Waals surface area contributed by atoms with E-state index in [-0.39, 0.29) is 12.4 Å². The number of pyridine rings is 1. The molecule has 1 aliphatic rings. The average molecular weight is 295 g/mol. The minimum atomic E-state index is 0. The number of anilines is 1. The number of halogens is 1. The van der Waals surface area contributed by atoms with Gasteiger partial charge in [-0.3, -0.25) is 4.98 Å². The molecular weight excluding hydrogens is 280 g/mol. The third-order valence-electron chi connectivity index (χ3n) is 2.85. The van der Waals surface area contributed by atoms with Crippen LogP contribution in [0.25, 0.3) is 11.9 Å². The Balaban J connectivity index is 0.00000133. The topological polar surface area (TPSA) is 63.8 Å². The lowest BCUT2D eigenvalue weighted by atomic mass is 10.2. The second-order valence-electron chi connectivity index (χ2n) is 4.53. The summed E-state index contributed by atoms with van der Waals surface area (Å²) in [6.45, 7) is 4.26. The van der Waals surface area contributed by atoms with E-state index in [2.05, 4.69) is 29.1 Å². The zero-order valence-corrected chi connectivity index (χ0v) is 12.3. The third-order valence-corrected chi connectivity index (χ3v) is 4.13. The Morgan fingerprint density at radius 2 is 2.16 bits per heavy atom. The highest BCUT2D eigenvalue weighted by atomic mass is 35.5. The van der Waals surface area contributed by atoms with E-state index in [9.17, 15) is 0 Å². The van der Waals surface area contributed by atoms with Crippen molar-refractivity contribution in [1.29, 1.82) is 0 Å². The van der Waals surface area contributed by atoms with Gasteiger partial charge in [0.25, 0.3) is 0 Å². The summed E-state index contributed by atoms with van der Waals surface area (Å²) in [7, 11) is 0. The van der Waals surface area contributed by atoms with Crippen molar-refractivity contribution in [2.24, 2.45) is 5.73 Å². The molecule has 3 heterocycles. The second kappa shape index (κ2) is 5.19. The molecule has 4 nitrogen and oxygen atoms in total. The Labute approximate surface area is 121 Å². The molecule has 0 saturated carbocycles. The van der Waals surface area contributed by atoms with Crippen LogP contribution >= 0.6 is 23.7 Å². The summed E-state index contributed by atoms with van der Waals surface area (Å²) in [5.41, 5.74) is 7.67. The number of hydrogen-bond donors (Lipinski definition) is 2. The van der Waals surface area contributed by atoms with E-state index in [0.717, 1.165) is 26.3 Å². The van der Waals surface area contributed by atoms with E-state index in [4.69, 9.17) is 5.73 Å². The molecule has 0 aliphatic carbocycles. The Bertz CT molecular complexity index is 720. The molecule has 0 atom stereocenters. The predicted octanol–water partition coefficient (Wildman–Crippen LogP) is 1.36. The van der Waals surface area contributed by atoms with Crippen LogP contribution in [0.1, 0.15) is 30.5 Å². The highest BCUT2D eigenvalue weighted by molar-refractivity contribution is 7.16. The summed E-state index contributed by atoms with van der Waals surface area (Å²) >= 11 is 1.65. The van der Waals surface area contributed by atoms with Gasteiger partial charge in [0.15, 0.2) is 0 Å². The molecule has 3 N–H and O–H groups in total. The molecular formula is C13H15ClN4S. The van der Waals surface area contributed by atoms with Crippen molar-refractivity contribution in [1.82, 2.24) is 9.97 Å². The van der Waals surface area contributed by atoms with E-state index in [1.54, 1.807) is 17.5 Å². The number of aromatic nitrogens is 2. The monoisotopic (exact) mass is 294 g/mol. The molecule has 0 radical (unpaired) electrons. The van der Waals surface area contributed by atoms with Gasteiger partial charge in [-0.15, -0.1) is 23.7 Å².